The standard InChI is InChI=1S/C14H15F3N4O3S/c1-10(22)19-11-2-4-12(5-3-11)25(23,24)18-7-9-21-8-6-13(20-21)14(15,16)17/h2-6,8,18H,7,9H2,1H3,(H,19,22). The van der Waals surface area contributed by atoms with Crippen LogP contribution in [0.4, 0.5) is 18.9 Å². The lowest BCUT2D eigenvalue weighted by molar-refractivity contribution is -0.141. The van der Waals surface area contributed by atoms with Gasteiger partial charge in [-0.05, 0) is 30.3 Å². The number of anilines is 1. The zero-order valence-electron chi connectivity index (χ0n) is 13.0. The molecule has 1 amide bonds. The average molecular weight is 376 g/mol. The summed E-state index contributed by atoms with van der Waals surface area (Å²) in [5, 5.41) is 5.83. The number of hydrogen-bond donors (Lipinski definition) is 2. The summed E-state index contributed by atoms with van der Waals surface area (Å²) in [5.74, 6) is -0.286. The second-order valence-corrected chi connectivity index (χ2v) is 6.83. The van der Waals surface area contributed by atoms with Crippen LogP contribution < -0.4 is 10.0 Å². The van der Waals surface area contributed by atoms with Crippen LogP contribution in [-0.2, 0) is 27.5 Å². The number of rotatable bonds is 6. The van der Waals surface area contributed by atoms with E-state index in [0.717, 1.165) is 16.9 Å². The normalized spacial score (nSPS) is 12.2. The van der Waals surface area contributed by atoms with E-state index in [2.05, 4.69) is 15.1 Å². The maximum absolute atomic E-state index is 12.4. The lowest BCUT2D eigenvalue weighted by atomic mass is 10.3. The van der Waals surface area contributed by atoms with Gasteiger partial charge in [0.05, 0.1) is 11.4 Å². The van der Waals surface area contributed by atoms with Gasteiger partial charge in [0.15, 0.2) is 5.69 Å². The largest absolute Gasteiger partial charge is 0.435 e. The fourth-order valence-electron chi connectivity index (χ4n) is 1.94. The molecule has 0 radical (unpaired) electrons. The fourth-order valence-corrected chi connectivity index (χ4v) is 2.96. The van der Waals surface area contributed by atoms with Crippen molar-refractivity contribution in [1.29, 1.82) is 0 Å². The summed E-state index contributed by atoms with van der Waals surface area (Å²) in [7, 11) is -3.82. The van der Waals surface area contributed by atoms with Crippen LogP contribution in [-0.4, -0.2) is 30.7 Å². The number of sulfonamides is 1. The van der Waals surface area contributed by atoms with E-state index in [1.807, 2.05) is 0 Å². The third-order valence-corrected chi connectivity index (χ3v) is 4.53. The van der Waals surface area contributed by atoms with E-state index in [-0.39, 0.29) is 23.9 Å². The summed E-state index contributed by atoms with van der Waals surface area (Å²) < 4.78 is 64.8. The Bertz CT molecular complexity index is 845. The molecule has 0 spiro atoms. The van der Waals surface area contributed by atoms with Crippen LogP contribution in [0.5, 0.6) is 0 Å². The van der Waals surface area contributed by atoms with Crippen molar-refractivity contribution in [3.8, 4) is 0 Å². The van der Waals surface area contributed by atoms with E-state index in [4.69, 9.17) is 0 Å². The maximum atomic E-state index is 12.4. The zero-order valence-corrected chi connectivity index (χ0v) is 13.9. The summed E-state index contributed by atoms with van der Waals surface area (Å²) >= 11 is 0. The zero-order chi connectivity index (χ0) is 18.7. The van der Waals surface area contributed by atoms with Crippen molar-refractivity contribution in [2.45, 2.75) is 24.5 Å². The van der Waals surface area contributed by atoms with Crippen molar-refractivity contribution >= 4 is 21.6 Å². The summed E-state index contributed by atoms with van der Waals surface area (Å²) in [6.07, 6.45) is -3.42. The molecule has 0 fully saturated rings. The van der Waals surface area contributed by atoms with Crippen LogP contribution in [0.25, 0.3) is 0 Å². The van der Waals surface area contributed by atoms with Gasteiger partial charge in [0, 0.05) is 25.4 Å². The van der Waals surface area contributed by atoms with Gasteiger partial charge < -0.3 is 5.32 Å². The minimum Gasteiger partial charge on any atom is -0.326 e. The van der Waals surface area contributed by atoms with Crippen molar-refractivity contribution in [1.82, 2.24) is 14.5 Å². The number of carbonyl (C=O) groups is 1. The summed E-state index contributed by atoms with van der Waals surface area (Å²) in [6.45, 7) is 1.14. The van der Waals surface area contributed by atoms with Crippen molar-refractivity contribution < 1.29 is 26.4 Å². The average Bonchev–Trinajstić information content (AvgIpc) is 2.96. The molecule has 2 N–H and O–H groups in total. The molecule has 0 aliphatic heterocycles. The maximum Gasteiger partial charge on any atom is 0.435 e. The smallest absolute Gasteiger partial charge is 0.326 e. The molecule has 1 aromatic heterocycles. The number of halogens is 3. The number of aromatic nitrogens is 2. The number of alkyl halides is 3. The molecule has 7 nitrogen and oxygen atoms in total. The molecule has 136 valence electrons. The fraction of sp³-hybridized carbons (Fsp3) is 0.286. The molecule has 1 heterocycles. The number of hydrogen-bond acceptors (Lipinski definition) is 4. The molecule has 0 aliphatic carbocycles. The van der Waals surface area contributed by atoms with Crippen LogP contribution >= 0.6 is 0 Å². The Hall–Kier alpha value is -2.40. The first-order chi connectivity index (χ1) is 11.6. The second kappa shape index (κ2) is 7.23. The summed E-state index contributed by atoms with van der Waals surface area (Å²) in [6, 6.07) is 6.29. The topological polar surface area (TPSA) is 93.1 Å². The Morgan fingerprint density at radius 2 is 1.84 bits per heavy atom. The minimum atomic E-state index is -4.54. The molecule has 2 aromatic rings. The summed E-state index contributed by atoms with van der Waals surface area (Å²) in [4.78, 5) is 10.9. The Morgan fingerprint density at radius 3 is 2.36 bits per heavy atom. The monoisotopic (exact) mass is 376 g/mol. The number of nitrogens with one attached hydrogen (secondary N) is 2. The van der Waals surface area contributed by atoms with Crippen molar-refractivity contribution in [2.75, 3.05) is 11.9 Å². The quantitative estimate of drug-likeness (QED) is 0.805. The first kappa shape index (κ1) is 18.9. The first-order valence-corrected chi connectivity index (χ1v) is 8.54. The number of amides is 1. The number of nitrogens with zero attached hydrogens (tertiary/aromatic N) is 2. The van der Waals surface area contributed by atoms with Crippen LogP contribution in [0.2, 0.25) is 0 Å². The third-order valence-electron chi connectivity index (χ3n) is 3.05. The van der Waals surface area contributed by atoms with Crippen molar-refractivity contribution in [3.05, 3.63) is 42.2 Å². The Labute approximate surface area is 141 Å². The van der Waals surface area contributed by atoms with Gasteiger partial charge in [-0.25, -0.2) is 13.1 Å². The Balaban J connectivity index is 1.95. The number of benzene rings is 1. The predicted octanol–water partition coefficient (Wildman–Crippen LogP) is 1.84. The molecule has 0 aliphatic rings. The van der Waals surface area contributed by atoms with Crippen molar-refractivity contribution in [2.24, 2.45) is 0 Å². The van der Waals surface area contributed by atoms with E-state index in [1.165, 1.54) is 31.2 Å². The van der Waals surface area contributed by atoms with E-state index < -0.39 is 21.9 Å². The lowest BCUT2D eigenvalue weighted by Gasteiger charge is -2.08. The lowest BCUT2D eigenvalue weighted by Crippen LogP contribution is -2.27. The van der Waals surface area contributed by atoms with Gasteiger partial charge in [0.25, 0.3) is 0 Å². The molecule has 11 heteroatoms. The molecular weight excluding hydrogens is 361 g/mol. The van der Waals surface area contributed by atoms with Crippen molar-refractivity contribution in [3.63, 3.8) is 0 Å². The van der Waals surface area contributed by atoms with E-state index in [9.17, 15) is 26.4 Å². The van der Waals surface area contributed by atoms with Crippen LogP contribution in [0.3, 0.4) is 0 Å². The second-order valence-electron chi connectivity index (χ2n) is 5.07. The van der Waals surface area contributed by atoms with Gasteiger partial charge in [-0.15, -0.1) is 0 Å². The molecule has 0 unspecified atom stereocenters. The molecule has 1 aromatic carbocycles. The number of carbonyl (C=O) groups excluding carboxylic acids is 1. The molecule has 0 bridgehead atoms. The Kier molecular flexibility index (Phi) is 5.48. The molecule has 0 atom stereocenters. The van der Waals surface area contributed by atoms with Gasteiger partial charge in [-0.1, -0.05) is 0 Å². The molecule has 2 rings (SSSR count). The van der Waals surface area contributed by atoms with E-state index >= 15 is 0 Å². The highest BCUT2D eigenvalue weighted by atomic mass is 32.2. The molecule has 25 heavy (non-hydrogen) atoms. The van der Waals surface area contributed by atoms with E-state index in [0.29, 0.717) is 5.69 Å². The van der Waals surface area contributed by atoms with Gasteiger partial charge >= 0.3 is 6.18 Å². The van der Waals surface area contributed by atoms with Gasteiger partial charge in [0.1, 0.15) is 0 Å². The van der Waals surface area contributed by atoms with Gasteiger partial charge in [-0.2, -0.15) is 18.3 Å². The van der Waals surface area contributed by atoms with Crippen LogP contribution in [0, 0.1) is 0 Å². The van der Waals surface area contributed by atoms with Gasteiger partial charge in [0.2, 0.25) is 15.9 Å². The highest BCUT2D eigenvalue weighted by Crippen LogP contribution is 2.27. The minimum absolute atomic E-state index is 0.0296. The third kappa shape index (κ3) is 5.29. The highest BCUT2D eigenvalue weighted by Gasteiger charge is 2.33. The first-order valence-electron chi connectivity index (χ1n) is 7.06. The molecular formula is C14H15F3N4O3S. The highest BCUT2D eigenvalue weighted by molar-refractivity contribution is 7.89. The molecule has 0 saturated heterocycles. The summed E-state index contributed by atoms with van der Waals surface area (Å²) in [5.41, 5.74) is -0.591. The van der Waals surface area contributed by atoms with Gasteiger partial charge in [-0.3, -0.25) is 9.48 Å². The molecule has 0 saturated carbocycles. The van der Waals surface area contributed by atoms with E-state index in [1.54, 1.807) is 0 Å². The predicted molar refractivity (Wildman–Crippen MR) is 83.2 cm³/mol. The van der Waals surface area contributed by atoms with Crippen LogP contribution in [0.1, 0.15) is 12.6 Å². The van der Waals surface area contributed by atoms with Crippen LogP contribution in [0.15, 0.2) is 41.4 Å². The Morgan fingerprint density at radius 1 is 1.20 bits per heavy atom. The SMILES string of the molecule is CC(=O)Nc1ccc(S(=O)(=O)NCCn2ccc(C(F)(F)F)n2)cc1.